The summed E-state index contributed by atoms with van der Waals surface area (Å²) in [4.78, 5) is 12.7. The Bertz CT molecular complexity index is 587. The van der Waals surface area contributed by atoms with Crippen LogP contribution in [0.15, 0.2) is 48.1 Å². The molecule has 0 saturated heterocycles. The molecule has 1 nitrogen and oxygen atoms in total. The summed E-state index contributed by atoms with van der Waals surface area (Å²) in [6.45, 7) is 11.2. The van der Waals surface area contributed by atoms with Crippen molar-refractivity contribution >= 4 is 5.78 Å². The predicted octanol–water partition coefficient (Wildman–Crippen LogP) is 5.75. The molecule has 0 aliphatic heterocycles. The van der Waals surface area contributed by atoms with Gasteiger partial charge in [-0.3, -0.25) is 4.79 Å². The Kier molecular flexibility index (Phi) is 5.05. The summed E-state index contributed by atoms with van der Waals surface area (Å²) in [7, 11) is 0. The van der Waals surface area contributed by atoms with E-state index in [4.69, 9.17) is 0 Å². The summed E-state index contributed by atoms with van der Waals surface area (Å²) in [6, 6.07) is 7.85. The van der Waals surface area contributed by atoms with E-state index in [-0.39, 0.29) is 11.2 Å². The zero-order valence-corrected chi connectivity index (χ0v) is 14.5. The van der Waals surface area contributed by atoms with Gasteiger partial charge < -0.3 is 0 Å². The molecule has 2 atom stereocenters. The molecule has 0 amide bonds. The van der Waals surface area contributed by atoms with Crippen molar-refractivity contribution in [1.82, 2.24) is 0 Å². The third-order valence-corrected chi connectivity index (χ3v) is 5.20. The summed E-state index contributed by atoms with van der Waals surface area (Å²) >= 11 is 0. The SMILES string of the molecule is CC[C@@H]1C=C(C(=O)c2ccc(C)cc2)C=CC1C(C)(C)CC. The zero-order chi connectivity index (χ0) is 16.3. The minimum Gasteiger partial charge on any atom is -0.289 e. The number of carbonyl (C=O) groups excluding carboxylic acids is 1. The van der Waals surface area contributed by atoms with Gasteiger partial charge in [0.05, 0.1) is 0 Å². The minimum atomic E-state index is 0.141. The molecule has 1 aromatic carbocycles. The number of allylic oxidation sites excluding steroid dienone is 4. The van der Waals surface area contributed by atoms with Gasteiger partial charge in [-0.1, -0.05) is 82.2 Å². The molecule has 2 rings (SSSR count). The molecule has 1 aliphatic carbocycles. The number of carbonyl (C=O) groups is 1. The molecule has 0 N–H and O–H groups in total. The van der Waals surface area contributed by atoms with Gasteiger partial charge in [-0.05, 0) is 30.6 Å². The summed E-state index contributed by atoms with van der Waals surface area (Å²) in [5.74, 6) is 1.10. The molecule has 0 spiro atoms. The smallest absolute Gasteiger partial charge is 0.192 e. The third kappa shape index (κ3) is 3.40. The minimum absolute atomic E-state index is 0.141. The van der Waals surface area contributed by atoms with Crippen molar-refractivity contribution < 1.29 is 4.79 Å². The van der Waals surface area contributed by atoms with E-state index in [2.05, 4.69) is 39.8 Å². The Morgan fingerprint density at radius 1 is 1.14 bits per heavy atom. The number of hydrogen-bond donors (Lipinski definition) is 0. The topological polar surface area (TPSA) is 17.1 Å². The van der Waals surface area contributed by atoms with Crippen LogP contribution in [0.2, 0.25) is 0 Å². The van der Waals surface area contributed by atoms with E-state index in [9.17, 15) is 4.79 Å². The highest BCUT2D eigenvalue weighted by Crippen LogP contribution is 2.41. The second kappa shape index (κ2) is 6.64. The molecular formula is C21H28O. The fourth-order valence-electron chi connectivity index (χ4n) is 3.21. The maximum absolute atomic E-state index is 12.7. The highest BCUT2D eigenvalue weighted by Gasteiger charge is 2.33. The van der Waals surface area contributed by atoms with Crippen molar-refractivity contribution in [3.63, 3.8) is 0 Å². The largest absolute Gasteiger partial charge is 0.289 e. The van der Waals surface area contributed by atoms with Crippen molar-refractivity contribution in [2.45, 2.75) is 47.5 Å². The van der Waals surface area contributed by atoms with Crippen molar-refractivity contribution in [2.24, 2.45) is 17.3 Å². The highest BCUT2D eigenvalue weighted by atomic mass is 16.1. The van der Waals surface area contributed by atoms with E-state index in [1.165, 1.54) is 5.56 Å². The van der Waals surface area contributed by atoms with Crippen LogP contribution in [0.25, 0.3) is 0 Å². The first-order valence-electron chi connectivity index (χ1n) is 8.40. The van der Waals surface area contributed by atoms with Gasteiger partial charge in [0, 0.05) is 11.1 Å². The molecule has 0 fully saturated rings. The van der Waals surface area contributed by atoms with Gasteiger partial charge in [0.25, 0.3) is 0 Å². The van der Waals surface area contributed by atoms with E-state index >= 15 is 0 Å². The first-order chi connectivity index (χ1) is 10.4. The van der Waals surface area contributed by atoms with Crippen LogP contribution in [-0.4, -0.2) is 5.78 Å². The van der Waals surface area contributed by atoms with E-state index in [0.717, 1.165) is 24.0 Å². The standard InChI is InChI=1S/C21H28O/c1-6-16-14-18(12-13-19(16)21(4,5)7-2)20(22)17-10-8-15(3)9-11-17/h8-14,16,19H,6-7H2,1-5H3/t16-,19?/m1/s1. The molecule has 0 bridgehead atoms. The number of Topliss-reactive ketones (excluding diaryl/α,β-unsaturated/α-hetero) is 1. The normalized spacial score (nSPS) is 21.6. The Morgan fingerprint density at radius 2 is 1.77 bits per heavy atom. The van der Waals surface area contributed by atoms with E-state index in [0.29, 0.717) is 11.8 Å². The van der Waals surface area contributed by atoms with Crippen LogP contribution in [0.3, 0.4) is 0 Å². The molecule has 1 aliphatic rings. The quantitative estimate of drug-likeness (QED) is 0.632. The van der Waals surface area contributed by atoms with Gasteiger partial charge in [-0.25, -0.2) is 0 Å². The van der Waals surface area contributed by atoms with E-state index < -0.39 is 0 Å². The number of ketones is 1. The van der Waals surface area contributed by atoms with Crippen molar-refractivity contribution in [3.05, 3.63) is 59.2 Å². The molecule has 1 aromatic rings. The first kappa shape index (κ1) is 16.7. The first-order valence-corrected chi connectivity index (χ1v) is 8.40. The van der Waals surface area contributed by atoms with Crippen LogP contribution in [0.1, 0.15) is 56.5 Å². The van der Waals surface area contributed by atoms with Crippen LogP contribution >= 0.6 is 0 Å². The summed E-state index contributed by atoms with van der Waals surface area (Å²) in [5, 5.41) is 0. The predicted molar refractivity (Wildman–Crippen MR) is 94.1 cm³/mol. The summed E-state index contributed by atoms with van der Waals surface area (Å²) < 4.78 is 0. The lowest BCUT2D eigenvalue weighted by atomic mass is 9.67. The maximum atomic E-state index is 12.7. The van der Waals surface area contributed by atoms with E-state index in [1.54, 1.807) is 0 Å². The molecule has 118 valence electrons. The lowest BCUT2D eigenvalue weighted by Crippen LogP contribution is -2.29. The number of rotatable bonds is 5. The second-order valence-electron chi connectivity index (χ2n) is 7.12. The van der Waals surface area contributed by atoms with Crippen molar-refractivity contribution in [3.8, 4) is 0 Å². The van der Waals surface area contributed by atoms with Crippen LogP contribution in [-0.2, 0) is 0 Å². The fraction of sp³-hybridized carbons (Fsp3) is 0.476. The average Bonchev–Trinajstić information content (AvgIpc) is 2.54. The molecule has 1 unspecified atom stereocenters. The average molecular weight is 296 g/mol. The van der Waals surface area contributed by atoms with Gasteiger partial charge in [0.1, 0.15) is 0 Å². The fourth-order valence-corrected chi connectivity index (χ4v) is 3.21. The number of aryl methyl sites for hydroxylation is 1. The van der Waals surface area contributed by atoms with Gasteiger partial charge in [-0.2, -0.15) is 0 Å². The number of benzene rings is 1. The van der Waals surface area contributed by atoms with Crippen LogP contribution in [0, 0.1) is 24.2 Å². The summed E-state index contributed by atoms with van der Waals surface area (Å²) in [6.07, 6.45) is 8.72. The molecular weight excluding hydrogens is 268 g/mol. The molecule has 0 radical (unpaired) electrons. The molecule has 0 heterocycles. The second-order valence-corrected chi connectivity index (χ2v) is 7.12. The monoisotopic (exact) mass is 296 g/mol. The Hall–Kier alpha value is -1.63. The Morgan fingerprint density at radius 3 is 2.32 bits per heavy atom. The molecule has 1 heteroatoms. The van der Waals surface area contributed by atoms with Crippen LogP contribution < -0.4 is 0 Å². The molecule has 0 saturated carbocycles. The Balaban J connectivity index is 2.25. The zero-order valence-electron chi connectivity index (χ0n) is 14.5. The van der Waals surface area contributed by atoms with Crippen LogP contribution in [0.5, 0.6) is 0 Å². The van der Waals surface area contributed by atoms with Gasteiger partial charge in [0.15, 0.2) is 5.78 Å². The van der Waals surface area contributed by atoms with Gasteiger partial charge >= 0.3 is 0 Å². The van der Waals surface area contributed by atoms with Crippen LogP contribution in [0.4, 0.5) is 0 Å². The lowest BCUT2D eigenvalue weighted by Gasteiger charge is -2.38. The number of hydrogen-bond acceptors (Lipinski definition) is 1. The lowest BCUT2D eigenvalue weighted by molar-refractivity contribution is 0.103. The van der Waals surface area contributed by atoms with Crippen molar-refractivity contribution in [2.75, 3.05) is 0 Å². The van der Waals surface area contributed by atoms with Crippen molar-refractivity contribution in [1.29, 1.82) is 0 Å². The molecule has 0 aromatic heterocycles. The van der Waals surface area contributed by atoms with E-state index in [1.807, 2.05) is 37.3 Å². The van der Waals surface area contributed by atoms with Gasteiger partial charge in [0.2, 0.25) is 0 Å². The third-order valence-electron chi connectivity index (χ3n) is 5.20. The molecule has 22 heavy (non-hydrogen) atoms. The summed E-state index contributed by atoms with van der Waals surface area (Å²) in [5.41, 5.74) is 3.08. The highest BCUT2D eigenvalue weighted by molar-refractivity contribution is 6.10. The van der Waals surface area contributed by atoms with Gasteiger partial charge in [-0.15, -0.1) is 0 Å². The Labute approximate surface area is 135 Å². The maximum Gasteiger partial charge on any atom is 0.192 e.